The number of alkyl halides is 3. The smallest absolute Gasteiger partial charge is 0.325 e. The van der Waals surface area contributed by atoms with Crippen LogP contribution in [0.3, 0.4) is 0 Å². The van der Waals surface area contributed by atoms with Crippen LogP contribution in [0.25, 0.3) is 0 Å². The number of carbonyl (C=O) groups is 1. The molecule has 0 saturated carbocycles. The first-order valence-corrected chi connectivity index (χ1v) is 7.91. The Hall–Kier alpha value is -2.09. The van der Waals surface area contributed by atoms with E-state index in [1.54, 1.807) is 0 Å². The van der Waals surface area contributed by atoms with Crippen LogP contribution in [0.2, 0.25) is 0 Å². The summed E-state index contributed by atoms with van der Waals surface area (Å²) < 4.78 is 64.9. The Morgan fingerprint density at radius 3 is 2.46 bits per heavy atom. The van der Waals surface area contributed by atoms with Gasteiger partial charge in [0, 0.05) is 11.3 Å². The van der Waals surface area contributed by atoms with Crippen molar-refractivity contribution in [2.24, 2.45) is 0 Å². The predicted octanol–water partition coefficient (Wildman–Crippen LogP) is 4.86. The summed E-state index contributed by atoms with van der Waals surface area (Å²) in [5, 5.41) is 2.18. The third-order valence-electron chi connectivity index (χ3n) is 3.03. The van der Waals surface area contributed by atoms with Crippen molar-refractivity contribution >= 4 is 23.4 Å². The van der Waals surface area contributed by atoms with Crippen LogP contribution in [0.1, 0.15) is 11.1 Å². The standard InChI is InChI=1S/C16H12F5NOS/c17-12-6-3-4-10(15(12)18)8-24-9-14(23)22-13-7-2-1-5-11(13)16(19,20)21/h1-7H,8-9H2,(H,22,23). The van der Waals surface area contributed by atoms with E-state index in [0.29, 0.717) is 0 Å². The Morgan fingerprint density at radius 2 is 1.75 bits per heavy atom. The maximum atomic E-state index is 13.4. The fraction of sp³-hybridized carbons (Fsp3) is 0.188. The third-order valence-corrected chi connectivity index (χ3v) is 4.01. The Kier molecular flexibility index (Phi) is 5.82. The summed E-state index contributed by atoms with van der Waals surface area (Å²) in [6.45, 7) is 0. The molecule has 0 unspecified atom stereocenters. The van der Waals surface area contributed by atoms with Crippen molar-refractivity contribution in [1.82, 2.24) is 0 Å². The largest absolute Gasteiger partial charge is 0.418 e. The molecule has 0 aromatic heterocycles. The van der Waals surface area contributed by atoms with Gasteiger partial charge in [0.2, 0.25) is 5.91 Å². The van der Waals surface area contributed by atoms with Gasteiger partial charge in [-0.25, -0.2) is 8.78 Å². The van der Waals surface area contributed by atoms with Crippen molar-refractivity contribution < 1.29 is 26.7 Å². The number of amides is 1. The molecule has 2 nitrogen and oxygen atoms in total. The van der Waals surface area contributed by atoms with Crippen molar-refractivity contribution in [3.8, 4) is 0 Å². The zero-order valence-electron chi connectivity index (χ0n) is 12.2. The normalized spacial score (nSPS) is 11.4. The summed E-state index contributed by atoms with van der Waals surface area (Å²) in [7, 11) is 0. The molecule has 0 radical (unpaired) electrons. The molecule has 0 heterocycles. The van der Waals surface area contributed by atoms with E-state index in [1.807, 2.05) is 0 Å². The molecule has 0 atom stereocenters. The van der Waals surface area contributed by atoms with Crippen molar-refractivity contribution in [3.63, 3.8) is 0 Å². The number of thioether (sulfide) groups is 1. The monoisotopic (exact) mass is 361 g/mol. The lowest BCUT2D eigenvalue weighted by atomic mass is 10.1. The molecule has 2 aromatic rings. The average molecular weight is 361 g/mol. The van der Waals surface area contributed by atoms with Crippen LogP contribution >= 0.6 is 11.8 Å². The zero-order valence-corrected chi connectivity index (χ0v) is 13.0. The van der Waals surface area contributed by atoms with E-state index < -0.39 is 29.3 Å². The lowest BCUT2D eigenvalue weighted by Gasteiger charge is -2.13. The van der Waals surface area contributed by atoms with Gasteiger partial charge in [0.1, 0.15) is 0 Å². The first-order chi connectivity index (χ1) is 11.3. The van der Waals surface area contributed by atoms with E-state index in [1.165, 1.54) is 24.3 Å². The molecule has 2 aromatic carbocycles. The van der Waals surface area contributed by atoms with Crippen LogP contribution < -0.4 is 5.32 Å². The van der Waals surface area contributed by atoms with Gasteiger partial charge in [-0.3, -0.25) is 4.79 Å². The molecule has 0 fully saturated rings. The summed E-state index contributed by atoms with van der Waals surface area (Å²) in [4.78, 5) is 11.8. The number of anilines is 1. The fourth-order valence-corrected chi connectivity index (χ4v) is 2.74. The van der Waals surface area contributed by atoms with Gasteiger partial charge >= 0.3 is 6.18 Å². The Morgan fingerprint density at radius 1 is 1.04 bits per heavy atom. The Labute approximate surface area is 139 Å². The number of halogens is 5. The summed E-state index contributed by atoms with van der Waals surface area (Å²) in [6.07, 6.45) is -4.58. The molecule has 0 saturated heterocycles. The van der Waals surface area contributed by atoms with Crippen LogP contribution in [0.5, 0.6) is 0 Å². The van der Waals surface area contributed by atoms with E-state index in [9.17, 15) is 26.7 Å². The molecule has 1 N–H and O–H groups in total. The van der Waals surface area contributed by atoms with Gasteiger partial charge in [-0.15, -0.1) is 11.8 Å². The number of para-hydroxylation sites is 1. The van der Waals surface area contributed by atoms with Crippen molar-refractivity contribution in [1.29, 1.82) is 0 Å². The summed E-state index contributed by atoms with van der Waals surface area (Å²) in [5.74, 6) is -2.81. The first-order valence-electron chi connectivity index (χ1n) is 6.75. The summed E-state index contributed by atoms with van der Waals surface area (Å²) in [5.41, 5.74) is -1.20. The molecular weight excluding hydrogens is 349 g/mol. The van der Waals surface area contributed by atoms with E-state index in [2.05, 4.69) is 5.32 Å². The second kappa shape index (κ2) is 7.65. The van der Waals surface area contributed by atoms with Crippen LogP contribution in [0.4, 0.5) is 27.6 Å². The van der Waals surface area contributed by atoms with Gasteiger partial charge in [-0.2, -0.15) is 13.2 Å². The van der Waals surface area contributed by atoms with Gasteiger partial charge in [-0.1, -0.05) is 24.3 Å². The third kappa shape index (κ3) is 4.70. The van der Waals surface area contributed by atoms with Crippen LogP contribution in [0, 0.1) is 11.6 Å². The van der Waals surface area contributed by atoms with E-state index in [-0.39, 0.29) is 22.8 Å². The minimum Gasteiger partial charge on any atom is -0.325 e. The Bertz CT molecular complexity index is 733. The molecule has 2 rings (SSSR count). The molecule has 8 heteroatoms. The van der Waals surface area contributed by atoms with Gasteiger partial charge in [0.15, 0.2) is 11.6 Å². The molecule has 1 amide bonds. The number of rotatable bonds is 5. The lowest BCUT2D eigenvalue weighted by Crippen LogP contribution is -2.18. The molecule has 0 spiro atoms. The first kappa shape index (κ1) is 18.3. The molecule has 0 aliphatic rings. The maximum Gasteiger partial charge on any atom is 0.418 e. The lowest BCUT2D eigenvalue weighted by molar-refractivity contribution is -0.137. The average Bonchev–Trinajstić information content (AvgIpc) is 2.51. The second-order valence-electron chi connectivity index (χ2n) is 4.80. The van der Waals surface area contributed by atoms with Gasteiger partial charge < -0.3 is 5.32 Å². The number of hydrogen-bond donors (Lipinski definition) is 1. The second-order valence-corrected chi connectivity index (χ2v) is 5.78. The molecule has 0 aliphatic carbocycles. The molecule has 24 heavy (non-hydrogen) atoms. The zero-order chi connectivity index (χ0) is 17.7. The van der Waals surface area contributed by atoms with Crippen molar-refractivity contribution in [3.05, 3.63) is 65.2 Å². The van der Waals surface area contributed by atoms with E-state index >= 15 is 0 Å². The maximum absolute atomic E-state index is 13.4. The summed E-state index contributed by atoms with van der Waals surface area (Å²) in [6, 6.07) is 8.31. The predicted molar refractivity (Wildman–Crippen MR) is 82.6 cm³/mol. The molecule has 128 valence electrons. The molecule has 0 bridgehead atoms. The van der Waals surface area contributed by atoms with Crippen LogP contribution in [-0.2, 0) is 16.7 Å². The highest BCUT2D eigenvalue weighted by atomic mass is 32.2. The van der Waals surface area contributed by atoms with Crippen molar-refractivity contribution in [2.45, 2.75) is 11.9 Å². The highest BCUT2D eigenvalue weighted by Gasteiger charge is 2.33. The quantitative estimate of drug-likeness (QED) is 0.771. The van der Waals surface area contributed by atoms with E-state index in [0.717, 1.165) is 30.0 Å². The highest BCUT2D eigenvalue weighted by molar-refractivity contribution is 7.99. The van der Waals surface area contributed by atoms with Gasteiger partial charge in [0.25, 0.3) is 0 Å². The van der Waals surface area contributed by atoms with E-state index in [4.69, 9.17) is 0 Å². The minimum absolute atomic E-state index is 0.0257. The van der Waals surface area contributed by atoms with Gasteiger partial charge in [0.05, 0.1) is 17.0 Å². The highest BCUT2D eigenvalue weighted by Crippen LogP contribution is 2.34. The number of carbonyl (C=O) groups excluding carboxylic acids is 1. The minimum atomic E-state index is -4.58. The number of benzene rings is 2. The Balaban J connectivity index is 1.94. The molecule has 0 aliphatic heterocycles. The molecular formula is C16H12F5NOS. The van der Waals surface area contributed by atoms with Gasteiger partial charge in [-0.05, 0) is 18.2 Å². The SMILES string of the molecule is O=C(CSCc1cccc(F)c1F)Nc1ccccc1C(F)(F)F. The fourth-order valence-electron chi connectivity index (χ4n) is 1.94. The number of hydrogen-bond acceptors (Lipinski definition) is 2. The topological polar surface area (TPSA) is 29.1 Å². The van der Waals surface area contributed by atoms with Crippen molar-refractivity contribution in [2.75, 3.05) is 11.1 Å². The van der Waals surface area contributed by atoms with Crippen LogP contribution in [0.15, 0.2) is 42.5 Å². The number of nitrogens with one attached hydrogen (secondary N) is 1. The summed E-state index contributed by atoms with van der Waals surface area (Å²) >= 11 is 0.970. The van der Waals surface area contributed by atoms with Crippen LogP contribution in [-0.4, -0.2) is 11.7 Å².